The van der Waals surface area contributed by atoms with Crippen LogP contribution in [0.1, 0.15) is 40.5 Å². The summed E-state index contributed by atoms with van der Waals surface area (Å²) in [5.41, 5.74) is -0.0175. The van der Waals surface area contributed by atoms with Gasteiger partial charge in [-0.2, -0.15) is 0 Å². The van der Waals surface area contributed by atoms with Crippen molar-refractivity contribution in [3.63, 3.8) is 0 Å². The average Bonchev–Trinajstić information content (AvgIpc) is 2.92. The molecule has 3 aliphatic rings. The first kappa shape index (κ1) is 19.7. The van der Waals surface area contributed by atoms with Gasteiger partial charge in [0.05, 0.1) is 11.3 Å². The van der Waals surface area contributed by atoms with Gasteiger partial charge in [0.15, 0.2) is 0 Å². The number of ether oxygens (including phenoxy) is 2. The summed E-state index contributed by atoms with van der Waals surface area (Å²) >= 11 is 0. The zero-order chi connectivity index (χ0) is 20.0. The van der Waals surface area contributed by atoms with Gasteiger partial charge < -0.3 is 19.3 Å². The Morgan fingerprint density at radius 3 is 2.26 bits per heavy atom. The molecule has 8 heteroatoms. The highest BCUT2D eigenvalue weighted by Gasteiger charge is 2.51. The molecule has 3 aliphatic heterocycles. The molecule has 0 aliphatic carbocycles. The first-order valence-corrected chi connectivity index (χ1v) is 9.43. The van der Waals surface area contributed by atoms with Crippen LogP contribution in [0.15, 0.2) is 11.3 Å². The predicted octanol–water partition coefficient (Wildman–Crippen LogP) is 1.36. The van der Waals surface area contributed by atoms with Crippen molar-refractivity contribution in [3.8, 4) is 0 Å². The first-order valence-electron chi connectivity index (χ1n) is 9.43. The predicted molar refractivity (Wildman–Crippen MR) is 97.8 cm³/mol. The van der Waals surface area contributed by atoms with Gasteiger partial charge in [0.25, 0.3) is 0 Å². The van der Waals surface area contributed by atoms with Crippen LogP contribution in [0.25, 0.3) is 0 Å². The number of likely N-dealkylation sites (tertiary alicyclic amines) is 1. The molecule has 3 heterocycles. The number of hydrogen-bond acceptors (Lipinski definition) is 6. The monoisotopic (exact) mass is 379 g/mol. The lowest BCUT2D eigenvalue weighted by Crippen LogP contribution is -2.67. The third-order valence-electron chi connectivity index (χ3n) is 5.68. The molecular weight excluding hydrogens is 350 g/mol. The van der Waals surface area contributed by atoms with Crippen molar-refractivity contribution < 1.29 is 23.9 Å². The van der Waals surface area contributed by atoms with Crippen molar-refractivity contribution in [1.82, 2.24) is 14.7 Å². The second-order valence-electron chi connectivity index (χ2n) is 8.53. The zero-order valence-electron chi connectivity index (χ0n) is 16.8. The van der Waals surface area contributed by atoms with Gasteiger partial charge >= 0.3 is 12.1 Å². The van der Waals surface area contributed by atoms with Crippen LogP contribution in [0.3, 0.4) is 0 Å². The number of piperazine rings is 1. The van der Waals surface area contributed by atoms with Gasteiger partial charge in [-0.25, -0.2) is 9.59 Å². The number of likely N-dealkylation sites (N-methyl/N-ethyl adjacent to an activating group) is 1. The van der Waals surface area contributed by atoms with E-state index in [1.165, 1.54) is 0 Å². The summed E-state index contributed by atoms with van der Waals surface area (Å²) in [6, 6.07) is 0. The number of esters is 1. The van der Waals surface area contributed by atoms with Crippen LogP contribution < -0.4 is 0 Å². The summed E-state index contributed by atoms with van der Waals surface area (Å²) in [6.45, 7) is 9.56. The minimum atomic E-state index is -0.657. The third-order valence-corrected chi connectivity index (χ3v) is 5.68. The molecule has 0 aromatic heterocycles. The molecule has 8 nitrogen and oxygen atoms in total. The molecule has 1 spiro atoms. The number of carbonyl (C=O) groups excluding carboxylic acids is 3. The molecule has 0 unspecified atom stereocenters. The van der Waals surface area contributed by atoms with E-state index in [0.29, 0.717) is 50.3 Å². The molecule has 0 atom stereocenters. The molecule has 0 aromatic rings. The Balaban J connectivity index is 1.75. The van der Waals surface area contributed by atoms with E-state index in [0.717, 1.165) is 0 Å². The molecule has 2 amide bonds. The Bertz CT molecular complexity index is 686. The Morgan fingerprint density at radius 1 is 1.11 bits per heavy atom. The van der Waals surface area contributed by atoms with Gasteiger partial charge in [0.1, 0.15) is 17.7 Å². The fraction of sp³-hybridized carbons (Fsp3) is 0.737. The van der Waals surface area contributed by atoms with Crippen LogP contribution in [0.2, 0.25) is 0 Å². The van der Waals surface area contributed by atoms with E-state index in [-0.39, 0.29) is 24.6 Å². The number of piperidine rings is 1. The maximum absolute atomic E-state index is 13.4. The maximum atomic E-state index is 13.4. The van der Waals surface area contributed by atoms with Crippen LogP contribution in [0.4, 0.5) is 4.79 Å². The second-order valence-corrected chi connectivity index (χ2v) is 8.53. The largest absolute Gasteiger partial charge is 0.456 e. The second kappa shape index (κ2) is 6.82. The van der Waals surface area contributed by atoms with Crippen molar-refractivity contribution in [2.45, 2.75) is 51.7 Å². The highest BCUT2D eigenvalue weighted by atomic mass is 16.6. The topological polar surface area (TPSA) is 79.4 Å². The van der Waals surface area contributed by atoms with Crippen molar-refractivity contribution in [3.05, 3.63) is 11.3 Å². The highest BCUT2D eigenvalue weighted by molar-refractivity contribution is 5.95. The molecule has 0 N–H and O–H groups in total. The number of cyclic esters (lactones) is 1. The number of hydrogen-bond donors (Lipinski definition) is 0. The quantitative estimate of drug-likeness (QED) is 0.640. The zero-order valence-corrected chi connectivity index (χ0v) is 16.8. The lowest BCUT2D eigenvalue weighted by atomic mass is 9.82. The lowest BCUT2D eigenvalue weighted by molar-refractivity contribution is -0.152. The van der Waals surface area contributed by atoms with Gasteiger partial charge in [-0.3, -0.25) is 9.69 Å². The summed E-state index contributed by atoms with van der Waals surface area (Å²) in [6.07, 6.45) is 0.742. The van der Waals surface area contributed by atoms with E-state index in [1.54, 1.807) is 16.7 Å². The molecule has 150 valence electrons. The molecule has 0 saturated carbocycles. The standard InChI is InChI=1S/C19H29N3O5/c1-13-14(12-26-15(13)23)22-11-10-20(5)19(16(22)24)6-8-21(9-7-19)17(25)27-18(2,3)4/h6-12H2,1-5H3. The Hall–Kier alpha value is -2.09. The Labute approximate surface area is 160 Å². The van der Waals surface area contributed by atoms with Crippen LogP contribution in [0.5, 0.6) is 0 Å². The number of amides is 2. The lowest BCUT2D eigenvalue weighted by Gasteiger charge is -2.51. The van der Waals surface area contributed by atoms with Crippen LogP contribution in [0, 0.1) is 0 Å². The van der Waals surface area contributed by atoms with E-state index in [9.17, 15) is 14.4 Å². The number of nitrogens with zero attached hydrogens (tertiary/aromatic N) is 3. The summed E-state index contributed by atoms with van der Waals surface area (Å²) in [4.78, 5) is 42.9. The van der Waals surface area contributed by atoms with E-state index in [1.807, 2.05) is 27.8 Å². The van der Waals surface area contributed by atoms with Gasteiger partial charge in [-0.15, -0.1) is 0 Å². The highest BCUT2D eigenvalue weighted by Crippen LogP contribution is 2.36. The summed E-state index contributed by atoms with van der Waals surface area (Å²) < 4.78 is 10.5. The third kappa shape index (κ3) is 3.54. The summed E-state index contributed by atoms with van der Waals surface area (Å²) in [5.74, 6) is -0.363. The fourth-order valence-electron chi connectivity index (χ4n) is 3.97. The van der Waals surface area contributed by atoms with Gasteiger partial charge in [0, 0.05) is 26.2 Å². The summed E-state index contributed by atoms with van der Waals surface area (Å²) in [7, 11) is 1.95. The molecule has 2 fully saturated rings. The van der Waals surface area contributed by atoms with Gasteiger partial charge in [0.2, 0.25) is 5.91 Å². The first-order chi connectivity index (χ1) is 12.5. The van der Waals surface area contributed by atoms with Gasteiger partial charge in [-0.05, 0) is 47.6 Å². The Kier molecular flexibility index (Phi) is 4.96. The molecule has 3 rings (SSSR count). The maximum Gasteiger partial charge on any atom is 0.410 e. The molecule has 0 aromatic carbocycles. The fourth-order valence-corrected chi connectivity index (χ4v) is 3.97. The van der Waals surface area contributed by atoms with Crippen molar-refractivity contribution in [2.24, 2.45) is 0 Å². The molecule has 2 saturated heterocycles. The minimum absolute atomic E-state index is 0.00672. The summed E-state index contributed by atoms with van der Waals surface area (Å²) in [5, 5.41) is 0. The molecule has 0 bridgehead atoms. The van der Waals surface area contributed by atoms with Crippen molar-refractivity contribution >= 4 is 18.0 Å². The number of rotatable bonds is 1. The smallest absolute Gasteiger partial charge is 0.410 e. The van der Waals surface area contributed by atoms with Crippen molar-refractivity contribution in [2.75, 3.05) is 39.8 Å². The van der Waals surface area contributed by atoms with E-state index in [4.69, 9.17) is 9.47 Å². The van der Waals surface area contributed by atoms with E-state index < -0.39 is 11.1 Å². The van der Waals surface area contributed by atoms with Crippen LogP contribution >= 0.6 is 0 Å². The normalized spacial score (nSPS) is 23.9. The Morgan fingerprint density at radius 2 is 1.74 bits per heavy atom. The van der Waals surface area contributed by atoms with E-state index >= 15 is 0 Å². The van der Waals surface area contributed by atoms with E-state index in [2.05, 4.69) is 4.90 Å². The SMILES string of the molecule is CC1=C(N2CCN(C)C3(CCN(C(=O)OC(C)(C)C)CC3)C2=O)COC1=O. The van der Waals surface area contributed by atoms with Gasteiger partial charge in [-0.1, -0.05) is 0 Å². The molecular formula is C19H29N3O5. The van der Waals surface area contributed by atoms with Crippen molar-refractivity contribution in [1.29, 1.82) is 0 Å². The minimum Gasteiger partial charge on any atom is -0.456 e. The van der Waals surface area contributed by atoms with Crippen LogP contribution in [-0.4, -0.2) is 83.6 Å². The van der Waals surface area contributed by atoms with Crippen LogP contribution in [-0.2, 0) is 19.1 Å². The molecule has 27 heavy (non-hydrogen) atoms. The number of carbonyl (C=O) groups is 3. The average molecular weight is 379 g/mol. The molecule has 0 radical (unpaired) electrons.